The summed E-state index contributed by atoms with van der Waals surface area (Å²) in [7, 11) is 0. The molecule has 1 saturated carbocycles. The van der Waals surface area contributed by atoms with Crippen LogP contribution in [-0.4, -0.2) is 20.7 Å². The van der Waals surface area contributed by atoms with Crippen molar-refractivity contribution in [2.45, 2.75) is 50.1 Å². The van der Waals surface area contributed by atoms with E-state index >= 15 is 0 Å². The summed E-state index contributed by atoms with van der Waals surface area (Å²) in [4.78, 5) is 12.4. The minimum atomic E-state index is -0.257. The molecule has 30 heavy (non-hydrogen) atoms. The summed E-state index contributed by atoms with van der Waals surface area (Å²) in [6.45, 7) is 3.99. The van der Waals surface area contributed by atoms with Crippen molar-refractivity contribution in [3.8, 4) is 5.69 Å². The molecule has 0 radical (unpaired) electrons. The van der Waals surface area contributed by atoms with Crippen LogP contribution in [0.1, 0.15) is 49.2 Å². The summed E-state index contributed by atoms with van der Waals surface area (Å²) in [6, 6.07) is 14.4. The van der Waals surface area contributed by atoms with Gasteiger partial charge in [0.1, 0.15) is 5.82 Å². The first-order valence-electron chi connectivity index (χ1n) is 10.2. The molecule has 7 heteroatoms. The van der Waals surface area contributed by atoms with Crippen LogP contribution in [0.2, 0.25) is 0 Å². The Morgan fingerprint density at radius 2 is 1.87 bits per heavy atom. The molecule has 1 atom stereocenters. The van der Waals surface area contributed by atoms with E-state index in [0.717, 1.165) is 35.7 Å². The summed E-state index contributed by atoms with van der Waals surface area (Å²) >= 11 is 1.54. The van der Waals surface area contributed by atoms with E-state index in [1.165, 1.54) is 29.5 Å². The summed E-state index contributed by atoms with van der Waals surface area (Å²) in [5.41, 5.74) is 3.12. The van der Waals surface area contributed by atoms with Crippen molar-refractivity contribution >= 4 is 17.7 Å². The Morgan fingerprint density at radius 3 is 2.50 bits per heavy atom. The van der Waals surface area contributed by atoms with Gasteiger partial charge in [0, 0.05) is 17.4 Å². The topological polar surface area (TPSA) is 59.8 Å². The second-order valence-corrected chi connectivity index (χ2v) is 8.73. The molecule has 3 aromatic rings. The van der Waals surface area contributed by atoms with Crippen molar-refractivity contribution in [1.82, 2.24) is 20.1 Å². The number of carbonyl (C=O) groups is 1. The quantitative estimate of drug-likeness (QED) is 0.543. The molecule has 1 aliphatic rings. The fourth-order valence-corrected chi connectivity index (χ4v) is 4.30. The number of hydrogen-bond acceptors (Lipinski definition) is 4. The molecule has 0 aliphatic heterocycles. The number of hydrogen-bond donors (Lipinski definition) is 1. The van der Waals surface area contributed by atoms with E-state index in [1.807, 2.05) is 42.7 Å². The van der Waals surface area contributed by atoms with E-state index < -0.39 is 0 Å². The number of thioether (sulfide) groups is 1. The molecule has 2 aromatic carbocycles. The highest BCUT2D eigenvalue weighted by molar-refractivity contribution is 7.98. The van der Waals surface area contributed by atoms with Crippen LogP contribution in [0.15, 0.2) is 53.7 Å². The highest BCUT2D eigenvalue weighted by Crippen LogP contribution is 2.30. The van der Waals surface area contributed by atoms with Gasteiger partial charge in [-0.15, -0.1) is 10.2 Å². The smallest absolute Gasteiger partial charge is 0.223 e. The molecular formula is C23H25FN4OS. The molecule has 1 heterocycles. The van der Waals surface area contributed by atoms with Gasteiger partial charge in [-0.2, -0.15) is 0 Å². The first-order valence-corrected chi connectivity index (χ1v) is 11.2. The minimum Gasteiger partial charge on any atom is -0.346 e. The Balaban J connectivity index is 1.59. The predicted octanol–water partition coefficient (Wildman–Crippen LogP) is 4.98. The van der Waals surface area contributed by atoms with Gasteiger partial charge in [0.15, 0.2) is 11.0 Å². The Kier molecular flexibility index (Phi) is 6.18. The lowest BCUT2D eigenvalue weighted by Gasteiger charge is -2.26. The average molecular weight is 425 g/mol. The lowest BCUT2D eigenvalue weighted by atomic mass is 9.84. The molecule has 0 spiro atoms. The number of aryl methyl sites for hydroxylation is 1. The van der Waals surface area contributed by atoms with Gasteiger partial charge in [-0.25, -0.2) is 4.39 Å². The number of carbonyl (C=O) groups excluding carboxylic acids is 1. The van der Waals surface area contributed by atoms with E-state index in [9.17, 15) is 9.18 Å². The summed E-state index contributed by atoms with van der Waals surface area (Å²) in [5.74, 6) is 1.31. The minimum absolute atomic E-state index is 0.0905. The third kappa shape index (κ3) is 4.56. The van der Waals surface area contributed by atoms with Crippen molar-refractivity contribution in [1.29, 1.82) is 0 Å². The van der Waals surface area contributed by atoms with Gasteiger partial charge in [-0.05, 0) is 56.5 Å². The van der Waals surface area contributed by atoms with Crippen LogP contribution in [0.3, 0.4) is 0 Å². The first-order chi connectivity index (χ1) is 14.5. The SMILES string of the molecule is Cc1ccc(-n2c(SCc3ccc(F)cc3)nnc2C(C)NC(=O)C2CCC2)cc1. The number of nitrogens with one attached hydrogen (secondary N) is 1. The third-order valence-electron chi connectivity index (χ3n) is 5.45. The number of nitrogens with zero attached hydrogens (tertiary/aromatic N) is 3. The maximum Gasteiger partial charge on any atom is 0.223 e. The number of amides is 1. The number of rotatable bonds is 7. The summed E-state index contributed by atoms with van der Waals surface area (Å²) in [5, 5.41) is 12.7. The van der Waals surface area contributed by atoms with Gasteiger partial charge in [0.2, 0.25) is 5.91 Å². The van der Waals surface area contributed by atoms with Gasteiger partial charge < -0.3 is 5.32 Å². The normalized spacial score (nSPS) is 14.9. The van der Waals surface area contributed by atoms with Crippen molar-refractivity contribution in [2.24, 2.45) is 5.92 Å². The zero-order valence-electron chi connectivity index (χ0n) is 17.1. The zero-order valence-corrected chi connectivity index (χ0v) is 18.0. The Hall–Kier alpha value is -2.67. The van der Waals surface area contributed by atoms with E-state index in [-0.39, 0.29) is 23.7 Å². The molecule has 1 amide bonds. The van der Waals surface area contributed by atoms with E-state index in [1.54, 1.807) is 12.1 Å². The van der Waals surface area contributed by atoms with Crippen LogP contribution >= 0.6 is 11.8 Å². The number of benzene rings is 2. The third-order valence-corrected chi connectivity index (χ3v) is 6.45. The van der Waals surface area contributed by atoms with Crippen molar-refractivity contribution in [2.75, 3.05) is 0 Å². The van der Waals surface area contributed by atoms with Crippen molar-refractivity contribution in [3.63, 3.8) is 0 Å². The molecule has 1 N–H and O–H groups in total. The van der Waals surface area contributed by atoms with Crippen LogP contribution in [-0.2, 0) is 10.5 Å². The van der Waals surface area contributed by atoms with Crippen LogP contribution in [0, 0.1) is 18.7 Å². The molecule has 0 saturated heterocycles. The lowest BCUT2D eigenvalue weighted by Crippen LogP contribution is -2.36. The van der Waals surface area contributed by atoms with E-state index in [2.05, 4.69) is 15.5 Å². The lowest BCUT2D eigenvalue weighted by molar-refractivity contribution is -0.128. The molecule has 1 aliphatic carbocycles. The maximum absolute atomic E-state index is 13.2. The fraction of sp³-hybridized carbons (Fsp3) is 0.348. The molecule has 5 nitrogen and oxygen atoms in total. The van der Waals surface area contributed by atoms with Crippen LogP contribution < -0.4 is 5.32 Å². The van der Waals surface area contributed by atoms with Gasteiger partial charge in [0.25, 0.3) is 0 Å². The van der Waals surface area contributed by atoms with E-state index in [4.69, 9.17) is 0 Å². The molecular weight excluding hydrogens is 399 g/mol. The van der Waals surface area contributed by atoms with Crippen molar-refractivity contribution < 1.29 is 9.18 Å². The first kappa shape index (κ1) is 20.6. The Morgan fingerprint density at radius 1 is 1.17 bits per heavy atom. The van der Waals surface area contributed by atoms with Crippen LogP contribution in [0.4, 0.5) is 4.39 Å². The second-order valence-electron chi connectivity index (χ2n) is 7.78. The monoisotopic (exact) mass is 424 g/mol. The Labute approximate surface area is 180 Å². The molecule has 1 aromatic heterocycles. The van der Waals surface area contributed by atoms with Gasteiger partial charge in [-0.3, -0.25) is 9.36 Å². The summed E-state index contributed by atoms with van der Waals surface area (Å²) < 4.78 is 15.2. The predicted molar refractivity (Wildman–Crippen MR) is 116 cm³/mol. The maximum atomic E-state index is 13.2. The van der Waals surface area contributed by atoms with Gasteiger partial charge >= 0.3 is 0 Å². The highest BCUT2D eigenvalue weighted by atomic mass is 32.2. The Bertz CT molecular complexity index is 1010. The number of halogens is 1. The average Bonchev–Trinajstić information content (AvgIpc) is 3.11. The fourth-order valence-electron chi connectivity index (χ4n) is 3.39. The van der Waals surface area contributed by atoms with Crippen LogP contribution in [0.25, 0.3) is 5.69 Å². The summed E-state index contributed by atoms with van der Waals surface area (Å²) in [6.07, 6.45) is 3.04. The highest BCUT2D eigenvalue weighted by Gasteiger charge is 2.28. The van der Waals surface area contributed by atoms with E-state index in [0.29, 0.717) is 11.6 Å². The van der Waals surface area contributed by atoms with Gasteiger partial charge in [-0.1, -0.05) is 48.0 Å². The molecule has 156 valence electrons. The molecule has 4 rings (SSSR count). The van der Waals surface area contributed by atoms with Gasteiger partial charge in [0.05, 0.1) is 6.04 Å². The molecule has 0 bridgehead atoms. The molecule has 1 unspecified atom stereocenters. The molecule has 1 fully saturated rings. The zero-order chi connectivity index (χ0) is 21.1. The number of aromatic nitrogens is 3. The second kappa shape index (κ2) is 9.00. The standard InChI is InChI=1S/C23H25FN4OS/c1-15-6-12-20(13-7-15)28-21(16(2)25-22(29)18-4-3-5-18)26-27-23(28)30-14-17-8-10-19(24)11-9-17/h6-13,16,18H,3-5,14H2,1-2H3,(H,25,29). The largest absolute Gasteiger partial charge is 0.346 e. The van der Waals surface area contributed by atoms with Crippen LogP contribution in [0.5, 0.6) is 0 Å². The van der Waals surface area contributed by atoms with Crippen molar-refractivity contribution in [3.05, 3.63) is 71.3 Å².